The fourth-order valence-corrected chi connectivity index (χ4v) is 3.91. The van der Waals surface area contributed by atoms with Crippen molar-refractivity contribution in [2.75, 3.05) is 13.1 Å². The Hall–Kier alpha value is -1.97. The van der Waals surface area contributed by atoms with Gasteiger partial charge < -0.3 is 5.73 Å². The first-order valence-electron chi connectivity index (χ1n) is 7.77. The van der Waals surface area contributed by atoms with Gasteiger partial charge in [-0.25, -0.2) is 12.8 Å². The molecule has 2 rings (SSSR count). The molecule has 0 bridgehead atoms. The Kier molecular flexibility index (Phi) is 6.38. The molecule has 0 unspecified atom stereocenters. The Labute approximate surface area is 149 Å². The lowest BCUT2D eigenvalue weighted by Crippen LogP contribution is -2.33. The van der Waals surface area contributed by atoms with E-state index in [1.165, 1.54) is 0 Å². The second kappa shape index (κ2) is 8.15. The summed E-state index contributed by atoms with van der Waals surface area (Å²) in [6.07, 6.45) is -4.49. The van der Waals surface area contributed by atoms with Crippen LogP contribution in [-0.4, -0.2) is 25.8 Å². The molecule has 2 N–H and O–H groups in total. The van der Waals surface area contributed by atoms with Crippen molar-refractivity contribution in [3.05, 3.63) is 65.5 Å². The lowest BCUT2D eigenvalue weighted by Gasteiger charge is -2.23. The molecule has 0 atom stereocenters. The van der Waals surface area contributed by atoms with Crippen LogP contribution in [0.15, 0.2) is 53.4 Å². The molecule has 9 heteroatoms. The number of sulfonamides is 1. The van der Waals surface area contributed by atoms with Crippen molar-refractivity contribution in [1.82, 2.24) is 4.31 Å². The van der Waals surface area contributed by atoms with Crippen LogP contribution in [0.3, 0.4) is 0 Å². The Morgan fingerprint density at radius 1 is 1.04 bits per heavy atom. The summed E-state index contributed by atoms with van der Waals surface area (Å²) in [6.45, 7) is 0.0498. The van der Waals surface area contributed by atoms with Crippen LogP contribution in [0, 0.1) is 5.82 Å². The van der Waals surface area contributed by atoms with Crippen molar-refractivity contribution in [3.8, 4) is 0 Å². The highest BCUT2D eigenvalue weighted by atomic mass is 32.2. The van der Waals surface area contributed by atoms with E-state index in [-0.39, 0.29) is 26.1 Å². The molecule has 2 aromatic carbocycles. The summed E-state index contributed by atoms with van der Waals surface area (Å²) in [5.41, 5.74) is 4.82. The number of nitrogens with two attached hydrogens (primary N) is 1. The number of rotatable bonds is 7. The van der Waals surface area contributed by atoms with Crippen LogP contribution < -0.4 is 5.73 Å². The van der Waals surface area contributed by atoms with Crippen LogP contribution in [0.25, 0.3) is 0 Å². The molecule has 0 heterocycles. The molecule has 142 valence electrons. The van der Waals surface area contributed by atoms with Crippen LogP contribution in [0.1, 0.15) is 17.5 Å². The number of halogens is 4. The lowest BCUT2D eigenvalue weighted by molar-refractivity contribution is -0.137. The standard InChI is InChI=1S/C17H18F4N2O2S/c18-15-8-7-14(17(19,20)21)11-16(15)26(24,25)23(10-4-9-22)12-13-5-2-1-3-6-13/h1-3,5-8,11H,4,9-10,12,22H2. The van der Waals surface area contributed by atoms with E-state index in [9.17, 15) is 26.0 Å². The molecule has 0 radical (unpaired) electrons. The molecule has 0 saturated heterocycles. The summed E-state index contributed by atoms with van der Waals surface area (Å²) in [4.78, 5) is -1.000. The predicted octanol–water partition coefficient (Wildman–Crippen LogP) is 3.38. The van der Waals surface area contributed by atoms with Gasteiger partial charge in [-0.1, -0.05) is 30.3 Å². The topological polar surface area (TPSA) is 63.4 Å². The third-order valence-corrected chi connectivity index (χ3v) is 5.55. The van der Waals surface area contributed by atoms with Gasteiger partial charge in [0.15, 0.2) is 0 Å². The molecule has 0 spiro atoms. The highest BCUT2D eigenvalue weighted by Crippen LogP contribution is 2.32. The first-order chi connectivity index (χ1) is 12.2. The van der Waals surface area contributed by atoms with Crippen molar-refractivity contribution >= 4 is 10.0 Å². The van der Waals surface area contributed by atoms with E-state index in [0.29, 0.717) is 23.8 Å². The van der Waals surface area contributed by atoms with Gasteiger partial charge in [-0.2, -0.15) is 17.5 Å². The zero-order chi connectivity index (χ0) is 19.4. The fourth-order valence-electron chi connectivity index (χ4n) is 2.36. The van der Waals surface area contributed by atoms with Crippen LogP contribution in [0.2, 0.25) is 0 Å². The van der Waals surface area contributed by atoms with Crippen molar-refractivity contribution in [2.45, 2.75) is 24.0 Å². The molecule has 4 nitrogen and oxygen atoms in total. The van der Waals surface area contributed by atoms with Gasteiger partial charge in [0.05, 0.1) is 5.56 Å². The minimum Gasteiger partial charge on any atom is -0.330 e. The van der Waals surface area contributed by atoms with Gasteiger partial charge in [0.2, 0.25) is 10.0 Å². The molecule has 0 aliphatic rings. The number of benzene rings is 2. The summed E-state index contributed by atoms with van der Waals surface area (Å²) >= 11 is 0. The molecule has 0 amide bonds. The van der Waals surface area contributed by atoms with Crippen molar-refractivity contribution < 1.29 is 26.0 Å². The van der Waals surface area contributed by atoms with Gasteiger partial charge >= 0.3 is 6.18 Å². The molecular weight excluding hydrogens is 372 g/mol. The van der Waals surface area contributed by atoms with Gasteiger partial charge in [-0.15, -0.1) is 0 Å². The van der Waals surface area contributed by atoms with Gasteiger partial charge in [0.25, 0.3) is 0 Å². The normalized spacial score (nSPS) is 12.5. The fraction of sp³-hybridized carbons (Fsp3) is 0.294. The van der Waals surface area contributed by atoms with Crippen LogP contribution in [-0.2, 0) is 22.7 Å². The van der Waals surface area contributed by atoms with E-state index in [1.807, 2.05) is 0 Å². The maximum Gasteiger partial charge on any atom is 0.416 e. The van der Waals surface area contributed by atoms with E-state index in [4.69, 9.17) is 5.73 Å². The van der Waals surface area contributed by atoms with E-state index in [0.717, 1.165) is 4.31 Å². The summed E-state index contributed by atoms with van der Waals surface area (Å²) in [5.74, 6) is -1.23. The summed E-state index contributed by atoms with van der Waals surface area (Å²) in [6, 6.07) is 9.84. The largest absolute Gasteiger partial charge is 0.416 e. The minimum atomic E-state index is -4.78. The second-order valence-electron chi connectivity index (χ2n) is 5.61. The second-order valence-corrected chi connectivity index (χ2v) is 7.52. The molecule has 2 aromatic rings. The van der Waals surface area contributed by atoms with E-state index in [1.54, 1.807) is 30.3 Å². The zero-order valence-corrected chi connectivity index (χ0v) is 14.5. The van der Waals surface area contributed by atoms with Crippen molar-refractivity contribution in [2.24, 2.45) is 5.73 Å². The average Bonchev–Trinajstić information content (AvgIpc) is 2.58. The van der Waals surface area contributed by atoms with Gasteiger partial charge in [-0.3, -0.25) is 0 Å². The molecular formula is C17H18F4N2O2S. The smallest absolute Gasteiger partial charge is 0.330 e. The molecule has 0 aromatic heterocycles. The Balaban J connectivity index is 2.46. The van der Waals surface area contributed by atoms with Gasteiger partial charge in [-0.05, 0) is 36.7 Å². The lowest BCUT2D eigenvalue weighted by atomic mass is 10.2. The van der Waals surface area contributed by atoms with Crippen LogP contribution in [0.5, 0.6) is 0 Å². The van der Waals surface area contributed by atoms with Crippen LogP contribution in [0.4, 0.5) is 17.6 Å². The highest BCUT2D eigenvalue weighted by Gasteiger charge is 2.34. The highest BCUT2D eigenvalue weighted by molar-refractivity contribution is 7.89. The monoisotopic (exact) mass is 390 g/mol. The van der Waals surface area contributed by atoms with Gasteiger partial charge in [0.1, 0.15) is 10.7 Å². The van der Waals surface area contributed by atoms with E-state index < -0.39 is 32.5 Å². The van der Waals surface area contributed by atoms with Crippen LogP contribution >= 0.6 is 0 Å². The van der Waals surface area contributed by atoms with Crippen molar-refractivity contribution in [3.63, 3.8) is 0 Å². The number of nitrogens with zero attached hydrogens (tertiary/aromatic N) is 1. The summed E-state index contributed by atoms with van der Waals surface area (Å²) < 4.78 is 79.3. The van der Waals surface area contributed by atoms with E-state index >= 15 is 0 Å². The first kappa shape index (κ1) is 20.3. The molecule has 0 aliphatic heterocycles. The Morgan fingerprint density at radius 3 is 2.27 bits per heavy atom. The first-order valence-corrected chi connectivity index (χ1v) is 9.21. The molecule has 26 heavy (non-hydrogen) atoms. The number of alkyl halides is 3. The van der Waals surface area contributed by atoms with Crippen molar-refractivity contribution in [1.29, 1.82) is 0 Å². The molecule has 0 aliphatic carbocycles. The maximum absolute atomic E-state index is 14.1. The SMILES string of the molecule is NCCCN(Cc1ccccc1)S(=O)(=O)c1cc(C(F)(F)F)ccc1F. The Bertz CT molecular complexity index is 840. The van der Waals surface area contributed by atoms with Gasteiger partial charge in [0, 0.05) is 13.1 Å². The zero-order valence-electron chi connectivity index (χ0n) is 13.7. The average molecular weight is 390 g/mol. The minimum absolute atomic E-state index is 0.0383. The number of hydrogen-bond acceptors (Lipinski definition) is 3. The third-order valence-electron chi connectivity index (χ3n) is 3.69. The van der Waals surface area contributed by atoms with E-state index in [2.05, 4.69) is 0 Å². The third kappa shape index (κ3) is 4.80. The molecule has 0 fully saturated rings. The predicted molar refractivity (Wildman–Crippen MR) is 89.1 cm³/mol. The summed E-state index contributed by atoms with van der Waals surface area (Å²) in [7, 11) is -4.48. The summed E-state index contributed by atoms with van der Waals surface area (Å²) in [5, 5.41) is 0. The Morgan fingerprint density at radius 2 is 1.69 bits per heavy atom. The number of hydrogen-bond donors (Lipinski definition) is 1. The molecule has 0 saturated carbocycles. The maximum atomic E-state index is 14.1. The quantitative estimate of drug-likeness (QED) is 0.738.